The molecule has 1 saturated heterocycles. The second-order valence-electron chi connectivity index (χ2n) is 5.40. The van der Waals surface area contributed by atoms with Gasteiger partial charge in [0.05, 0.1) is 0 Å². The predicted octanol–water partition coefficient (Wildman–Crippen LogP) is 3.50. The minimum Gasteiger partial charge on any atom is -0.350 e. The summed E-state index contributed by atoms with van der Waals surface area (Å²) in [6.45, 7) is 2.76. The molecule has 1 amide bonds. The molecule has 0 bridgehead atoms. The van der Waals surface area contributed by atoms with Crippen molar-refractivity contribution in [3.8, 4) is 11.3 Å². The van der Waals surface area contributed by atoms with E-state index in [2.05, 4.69) is 5.16 Å². The Morgan fingerprint density at radius 1 is 1.38 bits per heavy atom. The molecule has 1 aliphatic heterocycles. The Bertz CT molecular complexity index is 653. The lowest BCUT2D eigenvalue weighted by Gasteiger charge is -2.32. The van der Waals surface area contributed by atoms with Crippen molar-refractivity contribution in [1.82, 2.24) is 10.1 Å². The molecule has 0 spiro atoms. The Balaban J connectivity index is 1.85. The Labute approximate surface area is 122 Å². The second kappa shape index (κ2) is 5.68. The molecular weight excluding hydrogens is 271 g/mol. The highest BCUT2D eigenvalue weighted by molar-refractivity contribution is 5.92. The van der Waals surface area contributed by atoms with Crippen molar-refractivity contribution in [2.75, 3.05) is 6.54 Å². The molecule has 2 aromatic rings. The van der Waals surface area contributed by atoms with E-state index in [1.165, 1.54) is 12.1 Å². The van der Waals surface area contributed by atoms with E-state index in [-0.39, 0.29) is 23.5 Å². The third-order valence-electron chi connectivity index (χ3n) is 3.93. The van der Waals surface area contributed by atoms with E-state index in [0.29, 0.717) is 11.3 Å². The number of piperidine rings is 1. The van der Waals surface area contributed by atoms with Crippen LogP contribution < -0.4 is 0 Å². The number of likely N-dealkylation sites (tertiary alicyclic amines) is 1. The maximum Gasteiger partial charge on any atom is 0.292 e. The topological polar surface area (TPSA) is 46.3 Å². The van der Waals surface area contributed by atoms with Gasteiger partial charge in [0.15, 0.2) is 0 Å². The van der Waals surface area contributed by atoms with Crippen molar-refractivity contribution >= 4 is 5.91 Å². The first-order chi connectivity index (χ1) is 10.2. The van der Waals surface area contributed by atoms with Crippen LogP contribution in [-0.4, -0.2) is 28.6 Å². The fourth-order valence-electron chi connectivity index (χ4n) is 2.71. The highest BCUT2D eigenvalue weighted by atomic mass is 19.1. The molecule has 1 aromatic heterocycles. The fourth-order valence-corrected chi connectivity index (χ4v) is 2.71. The van der Waals surface area contributed by atoms with Crippen molar-refractivity contribution < 1.29 is 13.7 Å². The van der Waals surface area contributed by atoms with Crippen molar-refractivity contribution in [1.29, 1.82) is 0 Å². The lowest BCUT2D eigenvalue weighted by Crippen LogP contribution is -2.41. The van der Waals surface area contributed by atoms with Gasteiger partial charge in [0.1, 0.15) is 11.5 Å². The minimum atomic E-state index is -0.379. The highest BCUT2D eigenvalue weighted by Crippen LogP contribution is 2.24. The zero-order valence-corrected chi connectivity index (χ0v) is 11.9. The summed E-state index contributed by atoms with van der Waals surface area (Å²) in [6.07, 6.45) is 3.15. The van der Waals surface area contributed by atoms with Gasteiger partial charge in [-0.3, -0.25) is 4.79 Å². The molecule has 4 nitrogen and oxygen atoms in total. The standard InChI is InChI=1S/C16H17FN2O2/c1-11-6-4-5-9-19(11)16(20)15-10-14(18-21-15)12-7-2-3-8-13(12)17/h2-3,7-8,10-11H,4-6,9H2,1H3. The molecule has 0 aliphatic carbocycles. The fraction of sp³-hybridized carbons (Fsp3) is 0.375. The third kappa shape index (κ3) is 2.68. The molecule has 1 unspecified atom stereocenters. The summed E-state index contributed by atoms with van der Waals surface area (Å²) >= 11 is 0. The first-order valence-electron chi connectivity index (χ1n) is 7.19. The minimum absolute atomic E-state index is 0.169. The lowest BCUT2D eigenvalue weighted by atomic mass is 10.0. The number of carbonyl (C=O) groups excluding carboxylic acids is 1. The van der Waals surface area contributed by atoms with Crippen molar-refractivity contribution in [2.24, 2.45) is 0 Å². The summed E-state index contributed by atoms with van der Waals surface area (Å²) < 4.78 is 18.9. The van der Waals surface area contributed by atoms with Crippen LogP contribution in [-0.2, 0) is 0 Å². The van der Waals surface area contributed by atoms with E-state index >= 15 is 0 Å². The van der Waals surface area contributed by atoms with Gasteiger partial charge in [0.25, 0.3) is 5.91 Å². The van der Waals surface area contributed by atoms with E-state index in [9.17, 15) is 9.18 Å². The van der Waals surface area contributed by atoms with Crippen LogP contribution in [0, 0.1) is 5.82 Å². The quantitative estimate of drug-likeness (QED) is 0.849. The lowest BCUT2D eigenvalue weighted by molar-refractivity contribution is 0.0593. The number of amides is 1. The summed E-state index contributed by atoms with van der Waals surface area (Å²) in [5, 5.41) is 3.83. The van der Waals surface area contributed by atoms with Crippen LogP contribution in [0.5, 0.6) is 0 Å². The number of hydrogen-bond donors (Lipinski definition) is 0. The van der Waals surface area contributed by atoms with Gasteiger partial charge in [-0.25, -0.2) is 4.39 Å². The molecule has 1 aromatic carbocycles. The van der Waals surface area contributed by atoms with Crippen molar-refractivity contribution in [2.45, 2.75) is 32.2 Å². The summed E-state index contributed by atoms with van der Waals surface area (Å²) in [5.74, 6) is -0.379. The first kappa shape index (κ1) is 13.8. The average Bonchev–Trinajstić information content (AvgIpc) is 2.97. The largest absolute Gasteiger partial charge is 0.350 e. The molecule has 1 aliphatic rings. The number of hydrogen-bond acceptors (Lipinski definition) is 3. The van der Waals surface area contributed by atoms with Crippen LogP contribution >= 0.6 is 0 Å². The molecule has 1 atom stereocenters. The van der Waals surface area contributed by atoms with E-state index in [0.717, 1.165) is 25.8 Å². The molecule has 5 heteroatoms. The van der Waals surface area contributed by atoms with E-state index in [1.807, 2.05) is 6.92 Å². The molecule has 3 rings (SSSR count). The predicted molar refractivity (Wildman–Crippen MR) is 76.2 cm³/mol. The normalized spacial score (nSPS) is 18.8. The summed E-state index contributed by atoms with van der Waals surface area (Å²) in [6, 6.07) is 8.03. The van der Waals surface area contributed by atoms with Gasteiger partial charge < -0.3 is 9.42 Å². The van der Waals surface area contributed by atoms with Crippen LogP contribution in [0.3, 0.4) is 0 Å². The van der Waals surface area contributed by atoms with Gasteiger partial charge in [-0.1, -0.05) is 17.3 Å². The maximum absolute atomic E-state index is 13.7. The second-order valence-corrected chi connectivity index (χ2v) is 5.40. The third-order valence-corrected chi connectivity index (χ3v) is 3.93. The van der Waals surface area contributed by atoms with Gasteiger partial charge in [-0.05, 0) is 38.3 Å². The Kier molecular flexibility index (Phi) is 3.73. The molecule has 2 heterocycles. The van der Waals surface area contributed by atoms with Crippen molar-refractivity contribution in [3.05, 3.63) is 41.9 Å². The van der Waals surface area contributed by atoms with Gasteiger partial charge in [0.2, 0.25) is 5.76 Å². The van der Waals surface area contributed by atoms with Crippen LogP contribution in [0.25, 0.3) is 11.3 Å². The van der Waals surface area contributed by atoms with Gasteiger partial charge >= 0.3 is 0 Å². The molecule has 21 heavy (non-hydrogen) atoms. The Morgan fingerprint density at radius 3 is 2.95 bits per heavy atom. The van der Waals surface area contributed by atoms with Gasteiger partial charge in [0, 0.05) is 24.2 Å². The number of rotatable bonds is 2. The monoisotopic (exact) mass is 288 g/mol. The smallest absolute Gasteiger partial charge is 0.292 e. The Hall–Kier alpha value is -2.17. The molecule has 1 fully saturated rings. The van der Waals surface area contributed by atoms with Crippen LogP contribution in [0.1, 0.15) is 36.7 Å². The highest BCUT2D eigenvalue weighted by Gasteiger charge is 2.27. The number of carbonyl (C=O) groups is 1. The molecule has 110 valence electrons. The summed E-state index contributed by atoms with van der Waals surface area (Å²) in [7, 11) is 0. The average molecular weight is 288 g/mol. The number of benzene rings is 1. The van der Waals surface area contributed by atoms with Crippen LogP contribution in [0.2, 0.25) is 0 Å². The van der Waals surface area contributed by atoms with E-state index < -0.39 is 0 Å². The SMILES string of the molecule is CC1CCCCN1C(=O)c1cc(-c2ccccc2F)no1. The van der Waals surface area contributed by atoms with Crippen molar-refractivity contribution in [3.63, 3.8) is 0 Å². The number of nitrogens with zero attached hydrogens (tertiary/aromatic N) is 2. The van der Waals surface area contributed by atoms with Gasteiger partial charge in [-0.2, -0.15) is 0 Å². The van der Waals surface area contributed by atoms with E-state index in [4.69, 9.17) is 4.52 Å². The molecule has 0 radical (unpaired) electrons. The molecule has 0 saturated carbocycles. The Morgan fingerprint density at radius 2 is 2.19 bits per heavy atom. The summed E-state index contributed by atoms with van der Waals surface area (Å²) in [4.78, 5) is 14.2. The number of aromatic nitrogens is 1. The molecule has 0 N–H and O–H groups in total. The first-order valence-corrected chi connectivity index (χ1v) is 7.19. The van der Waals surface area contributed by atoms with Crippen LogP contribution in [0.4, 0.5) is 4.39 Å². The zero-order chi connectivity index (χ0) is 14.8. The number of halogens is 1. The van der Waals surface area contributed by atoms with Crippen LogP contribution in [0.15, 0.2) is 34.9 Å². The summed E-state index contributed by atoms with van der Waals surface area (Å²) in [5.41, 5.74) is 0.688. The molecular formula is C16H17FN2O2. The zero-order valence-electron chi connectivity index (χ0n) is 11.9. The van der Waals surface area contributed by atoms with Gasteiger partial charge in [-0.15, -0.1) is 0 Å². The maximum atomic E-state index is 13.7. The van der Waals surface area contributed by atoms with E-state index in [1.54, 1.807) is 23.1 Å².